The maximum atomic E-state index is 14.2. The number of rotatable bonds is 7. The molecule has 168 valence electrons. The highest BCUT2D eigenvalue weighted by atomic mass is 32.1. The lowest BCUT2D eigenvalue weighted by Crippen LogP contribution is -2.34. The average molecular weight is 459 g/mol. The van der Waals surface area contributed by atoms with Crippen LogP contribution in [0.5, 0.6) is 0 Å². The van der Waals surface area contributed by atoms with Crippen molar-refractivity contribution in [1.82, 2.24) is 14.5 Å². The van der Waals surface area contributed by atoms with E-state index in [9.17, 15) is 4.39 Å². The number of aryl methyl sites for hydroxylation is 1. The van der Waals surface area contributed by atoms with E-state index in [1.807, 2.05) is 60.9 Å². The molecule has 0 aliphatic rings. The fourth-order valence-electron chi connectivity index (χ4n) is 3.81. The highest BCUT2D eigenvalue weighted by Gasteiger charge is 2.17. The Hall–Kier alpha value is -3.51. The number of imidazole rings is 1. The van der Waals surface area contributed by atoms with Crippen LogP contribution in [0.3, 0.4) is 0 Å². The van der Waals surface area contributed by atoms with Crippen molar-refractivity contribution < 1.29 is 4.39 Å². The molecular formula is C27H27FN4S. The van der Waals surface area contributed by atoms with Crippen LogP contribution >= 0.6 is 12.2 Å². The quantitative estimate of drug-likeness (QED) is 0.340. The number of benzene rings is 3. The SMILES string of the molecule is Cc1nc(NC(=S)N(Cc2ccccc2)Cc2ccccc2)c(C)n1Cc1ccccc1F. The predicted octanol–water partition coefficient (Wildman–Crippen LogP) is 6.09. The molecule has 0 saturated heterocycles. The van der Waals surface area contributed by atoms with Crippen molar-refractivity contribution in [3.05, 3.63) is 119 Å². The van der Waals surface area contributed by atoms with Gasteiger partial charge in [0, 0.05) is 18.7 Å². The Morgan fingerprint density at radius 2 is 1.42 bits per heavy atom. The van der Waals surface area contributed by atoms with Crippen molar-refractivity contribution in [2.45, 2.75) is 33.5 Å². The first-order valence-electron chi connectivity index (χ1n) is 10.9. The fourth-order valence-corrected chi connectivity index (χ4v) is 4.04. The van der Waals surface area contributed by atoms with Crippen LogP contribution in [0.1, 0.15) is 28.2 Å². The van der Waals surface area contributed by atoms with Gasteiger partial charge in [0.25, 0.3) is 0 Å². The third kappa shape index (κ3) is 5.65. The number of aromatic nitrogens is 2. The molecule has 0 aliphatic carbocycles. The third-order valence-electron chi connectivity index (χ3n) is 5.64. The van der Waals surface area contributed by atoms with Crippen molar-refractivity contribution in [3.8, 4) is 0 Å². The minimum Gasteiger partial charge on any atom is -0.340 e. The third-order valence-corrected chi connectivity index (χ3v) is 6.00. The molecule has 0 saturated carbocycles. The summed E-state index contributed by atoms with van der Waals surface area (Å²) in [7, 11) is 0. The molecule has 4 rings (SSSR count). The molecular weight excluding hydrogens is 431 g/mol. The first-order valence-corrected chi connectivity index (χ1v) is 11.3. The lowest BCUT2D eigenvalue weighted by atomic mass is 10.2. The predicted molar refractivity (Wildman–Crippen MR) is 136 cm³/mol. The highest BCUT2D eigenvalue weighted by molar-refractivity contribution is 7.80. The van der Waals surface area contributed by atoms with Crippen molar-refractivity contribution in [1.29, 1.82) is 0 Å². The summed E-state index contributed by atoms with van der Waals surface area (Å²) in [6.07, 6.45) is 0. The van der Waals surface area contributed by atoms with E-state index < -0.39 is 0 Å². The summed E-state index contributed by atoms with van der Waals surface area (Å²) < 4.78 is 16.2. The molecule has 4 aromatic rings. The largest absolute Gasteiger partial charge is 0.340 e. The van der Waals surface area contributed by atoms with E-state index in [0.29, 0.717) is 36.1 Å². The number of anilines is 1. The van der Waals surface area contributed by atoms with Crippen molar-refractivity contribution in [3.63, 3.8) is 0 Å². The molecule has 4 nitrogen and oxygen atoms in total. The molecule has 1 N–H and O–H groups in total. The molecule has 3 aromatic carbocycles. The van der Waals surface area contributed by atoms with Gasteiger partial charge in [0.05, 0.1) is 12.2 Å². The Morgan fingerprint density at radius 1 is 0.879 bits per heavy atom. The summed E-state index contributed by atoms with van der Waals surface area (Å²) in [6, 6.07) is 27.4. The van der Waals surface area contributed by atoms with Crippen molar-refractivity contribution >= 4 is 23.1 Å². The second kappa shape index (κ2) is 10.4. The van der Waals surface area contributed by atoms with Gasteiger partial charge in [-0.15, -0.1) is 0 Å². The van der Waals surface area contributed by atoms with E-state index in [2.05, 4.69) is 39.5 Å². The van der Waals surface area contributed by atoms with Gasteiger partial charge in [0.15, 0.2) is 10.9 Å². The zero-order valence-electron chi connectivity index (χ0n) is 18.8. The molecule has 1 aromatic heterocycles. The van der Waals surface area contributed by atoms with Crippen LogP contribution in [0.2, 0.25) is 0 Å². The summed E-state index contributed by atoms with van der Waals surface area (Å²) in [6.45, 7) is 5.67. The Kier molecular flexibility index (Phi) is 7.15. The summed E-state index contributed by atoms with van der Waals surface area (Å²) in [4.78, 5) is 6.82. The van der Waals surface area contributed by atoms with Crippen LogP contribution in [0.25, 0.3) is 0 Å². The summed E-state index contributed by atoms with van der Waals surface area (Å²) in [5.74, 6) is 1.28. The van der Waals surface area contributed by atoms with E-state index in [1.54, 1.807) is 12.1 Å². The monoisotopic (exact) mass is 458 g/mol. The van der Waals surface area contributed by atoms with E-state index in [0.717, 1.165) is 11.5 Å². The Bertz CT molecular complexity index is 1180. The highest BCUT2D eigenvalue weighted by Crippen LogP contribution is 2.20. The molecule has 0 unspecified atom stereocenters. The van der Waals surface area contributed by atoms with Gasteiger partial charge in [-0.3, -0.25) is 0 Å². The minimum absolute atomic E-state index is 0.216. The van der Waals surface area contributed by atoms with Crippen molar-refractivity contribution in [2.24, 2.45) is 0 Å². The lowest BCUT2D eigenvalue weighted by molar-refractivity contribution is 0.412. The number of nitrogens with zero attached hydrogens (tertiary/aromatic N) is 3. The van der Waals surface area contributed by atoms with Gasteiger partial charge in [-0.1, -0.05) is 78.9 Å². The summed E-state index contributed by atoms with van der Waals surface area (Å²) in [5.41, 5.74) is 3.90. The van der Waals surface area contributed by atoms with Crippen LogP contribution in [0.15, 0.2) is 84.9 Å². The maximum Gasteiger partial charge on any atom is 0.175 e. The van der Waals surface area contributed by atoms with Crippen LogP contribution in [-0.2, 0) is 19.6 Å². The normalized spacial score (nSPS) is 10.8. The number of hydrogen-bond donors (Lipinski definition) is 1. The fraction of sp³-hybridized carbons (Fsp3) is 0.185. The van der Waals surface area contributed by atoms with Gasteiger partial charge in [0.1, 0.15) is 11.6 Å². The zero-order valence-corrected chi connectivity index (χ0v) is 19.6. The Labute approximate surface area is 199 Å². The molecule has 0 atom stereocenters. The summed E-state index contributed by atoms with van der Waals surface area (Å²) in [5, 5.41) is 3.94. The second-order valence-corrected chi connectivity index (χ2v) is 8.41. The zero-order chi connectivity index (χ0) is 23.2. The first kappa shape index (κ1) is 22.7. The number of nitrogens with one attached hydrogen (secondary N) is 1. The molecule has 6 heteroatoms. The molecule has 0 amide bonds. The summed E-state index contributed by atoms with van der Waals surface area (Å²) >= 11 is 5.82. The van der Waals surface area contributed by atoms with E-state index in [-0.39, 0.29) is 5.82 Å². The molecule has 0 spiro atoms. The number of thiocarbonyl (C=S) groups is 1. The maximum absolute atomic E-state index is 14.2. The Balaban J connectivity index is 1.55. The molecule has 1 heterocycles. The topological polar surface area (TPSA) is 33.1 Å². The standard InChI is InChI=1S/C27H27FN4S/c1-20-26(29-21(2)32(20)19-24-15-9-10-16-25(24)28)30-27(33)31(17-22-11-5-3-6-12-22)18-23-13-7-4-8-14-23/h3-16H,17-19H2,1-2H3,(H,30,33). The van der Waals surface area contributed by atoms with E-state index in [4.69, 9.17) is 12.2 Å². The van der Waals surface area contributed by atoms with Gasteiger partial charge in [-0.05, 0) is 43.3 Å². The molecule has 0 aliphatic heterocycles. The first-order chi connectivity index (χ1) is 16.0. The molecule has 33 heavy (non-hydrogen) atoms. The molecule has 0 fully saturated rings. The number of halogens is 1. The van der Waals surface area contributed by atoms with Crippen LogP contribution in [0.4, 0.5) is 10.2 Å². The average Bonchev–Trinajstić information content (AvgIpc) is 3.08. The molecule has 0 radical (unpaired) electrons. The second-order valence-electron chi connectivity index (χ2n) is 8.03. The Morgan fingerprint density at radius 3 is 2.00 bits per heavy atom. The van der Waals surface area contributed by atoms with Crippen molar-refractivity contribution in [2.75, 3.05) is 5.32 Å². The minimum atomic E-state index is -0.216. The smallest absolute Gasteiger partial charge is 0.175 e. The van der Waals surface area contributed by atoms with Gasteiger partial charge in [-0.2, -0.15) is 0 Å². The van der Waals surface area contributed by atoms with Gasteiger partial charge in [0.2, 0.25) is 0 Å². The van der Waals surface area contributed by atoms with Gasteiger partial charge in [-0.25, -0.2) is 9.37 Å². The van der Waals surface area contributed by atoms with Crippen LogP contribution < -0.4 is 5.32 Å². The van der Waals surface area contributed by atoms with Gasteiger partial charge >= 0.3 is 0 Å². The molecule has 0 bridgehead atoms. The van der Waals surface area contributed by atoms with E-state index >= 15 is 0 Å². The van der Waals surface area contributed by atoms with Gasteiger partial charge < -0.3 is 14.8 Å². The van der Waals surface area contributed by atoms with E-state index in [1.165, 1.54) is 17.2 Å². The number of hydrogen-bond acceptors (Lipinski definition) is 2. The lowest BCUT2D eigenvalue weighted by Gasteiger charge is -2.26. The van der Waals surface area contributed by atoms with Crippen LogP contribution in [0, 0.1) is 19.7 Å². The van der Waals surface area contributed by atoms with Crippen LogP contribution in [-0.4, -0.2) is 19.6 Å².